The van der Waals surface area contributed by atoms with Crippen molar-refractivity contribution in [3.8, 4) is 5.40 Å². The lowest BCUT2D eigenvalue weighted by Crippen LogP contribution is -2.27. The van der Waals surface area contributed by atoms with E-state index >= 15 is 0 Å². The van der Waals surface area contributed by atoms with Crippen LogP contribution in [-0.4, -0.2) is 28.1 Å². The lowest BCUT2D eigenvalue weighted by atomic mass is 10.6. The Morgan fingerprint density at radius 1 is 1.82 bits per heavy atom. The van der Waals surface area contributed by atoms with Crippen LogP contribution in [0.3, 0.4) is 0 Å². The van der Waals surface area contributed by atoms with Crippen molar-refractivity contribution in [1.29, 1.82) is 5.26 Å². The Morgan fingerprint density at radius 3 is 2.82 bits per heavy atom. The summed E-state index contributed by atoms with van der Waals surface area (Å²) in [5, 5.41) is 10.2. The van der Waals surface area contributed by atoms with E-state index in [2.05, 4.69) is 12.6 Å². The molecule has 0 radical (unpaired) electrons. The molecule has 0 atom stereocenters. The minimum Gasteiger partial charge on any atom is -0.357 e. The van der Waals surface area contributed by atoms with Crippen LogP contribution in [0.15, 0.2) is 0 Å². The first-order valence-corrected chi connectivity index (χ1v) is 5.05. The van der Waals surface area contributed by atoms with Crippen LogP contribution in [0, 0.1) is 10.7 Å². The Hall–Kier alpha value is 0.0800. The molecule has 0 N–H and O–H groups in total. The quantitative estimate of drug-likeness (QED) is 0.328. The van der Waals surface area contributed by atoms with Gasteiger partial charge in [0.15, 0.2) is 0 Å². The van der Waals surface area contributed by atoms with Crippen LogP contribution in [0.25, 0.3) is 0 Å². The first kappa shape index (κ1) is 11.1. The summed E-state index contributed by atoms with van der Waals surface area (Å²) in [4.78, 5) is 1.95. The number of thioether (sulfide) groups is 1. The molecule has 0 spiro atoms. The van der Waals surface area contributed by atoms with E-state index < -0.39 is 0 Å². The summed E-state index contributed by atoms with van der Waals surface area (Å²) in [6.07, 6.45) is 0. The van der Waals surface area contributed by atoms with Gasteiger partial charge >= 0.3 is 0 Å². The van der Waals surface area contributed by atoms with Crippen LogP contribution in [-0.2, 0) is 0 Å². The van der Waals surface area contributed by atoms with Gasteiger partial charge in [-0.1, -0.05) is 12.2 Å². The second kappa shape index (κ2) is 6.77. The van der Waals surface area contributed by atoms with E-state index in [1.165, 1.54) is 11.8 Å². The van der Waals surface area contributed by atoms with Crippen molar-refractivity contribution in [1.82, 2.24) is 4.90 Å². The molecular weight excluding hydrogens is 196 g/mol. The molecule has 0 aliphatic carbocycles. The predicted molar refractivity (Wildman–Crippen MR) is 56.9 cm³/mol. The molecule has 62 valence electrons. The molecule has 0 fully saturated rings. The predicted octanol–water partition coefficient (Wildman–Crippen LogP) is 1.74. The number of nitriles is 1. The summed E-state index contributed by atoms with van der Waals surface area (Å²) < 4.78 is 0.603. The van der Waals surface area contributed by atoms with Gasteiger partial charge in [-0.05, 0) is 18.7 Å². The molecule has 0 bridgehead atoms. The molecule has 0 aromatic heterocycles. The third-order valence-electron chi connectivity index (χ3n) is 1.18. The maximum atomic E-state index is 8.23. The number of nitrogens with zero attached hydrogens (tertiary/aromatic N) is 2. The van der Waals surface area contributed by atoms with E-state index in [0.29, 0.717) is 4.32 Å². The fourth-order valence-corrected chi connectivity index (χ4v) is 1.46. The molecule has 0 aliphatic heterocycles. The minimum atomic E-state index is 0.603. The van der Waals surface area contributed by atoms with E-state index in [9.17, 15) is 0 Å². The zero-order valence-electron chi connectivity index (χ0n) is 6.28. The van der Waals surface area contributed by atoms with Crippen LogP contribution in [0.1, 0.15) is 6.92 Å². The second-order valence-electron chi connectivity index (χ2n) is 1.80. The number of hydrogen-bond acceptors (Lipinski definition) is 3. The third kappa shape index (κ3) is 5.36. The molecule has 0 aromatic rings. The van der Waals surface area contributed by atoms with Gasteiger partial charge in [-0.15, -0.1) is 12.6 Å². The molecule has 0 unspecified atom stereocenters. The first-order valence-electron chi connectivity index (χ1n) is 3.21. The zero-order chi connectivity index (χ0) is 8.69. The molecule has 0 aliphatic rings. The van der Waals surface area contributed by atoms with E-state index in [0.717, 1.165) is 18.8 Å². The van der Waals surface area contributed by atoms with Crippen molar-refractivity contribution in [3.05, 3.63) is 0 Å². The zero-order valence-corrected chi connectivity index (χ0v) is 8.81. The van der Waals surface area contributed by atoms with E-state index in [-0.39, 0.29) is 0 Å². The summed E-state index contributed by atoms with van der Waals surface area (Å²) in [6.45, 7) is 3.67. The lowest BCUT2D eigenvalue weighted by molar-refractivity contribution is 0.487. The fraction of sp³-hybridized carbons (Fsp3) is 0.667. The van der Waals surface area contributed by atoms with Gasteiger partial charge in [0.05, 0.1) is 0 Å². The molecule has 0 aromatic carbocycles. The van der Waals surface area contributed by atoms with Crippen molar-refractivity contribution in [2.75, 3.05) is 18.8 Å². The highest BCUT2D eigenvalue weighted by Crippen LogP contribution is 2.01. The molecular formula is C6H10N2S3. The summed E-state index contributed by atoms with van der Waals surface area (Å²) in [5.41, 5.74) is 0. The van der Waals surface area contributed by atoms with Crippen LogP contribution >= 0.6 is 36.6 Å². The summed E-state index contributed by atoms with van der Waals surface area (Å²) in [7, 11) is 0. The Labute approximate surface area is 82.4 Å². The van der Waals surface area contributed by atoms with Crippen molar-refractivity contribution in [3.63, 3.8) is 0 Å². The molecule has 11 heavy (non-hydrogen) atoms. The van der Waals surface area contributed by atoms with Gasteiger partial charge in [0.25, 0.3) is 0 Å². The number of thiol groups is 1. The van der Waals surface area contributed by atoms with Gasteiger partial charge < -0.3 is 4.90 Å². The lowest BCUT2D eigenvalue weighted by Gasteiger charge is -2.18. The Morgan fingerprint density at radius 2 is 2.45 bits per heavy atom. The standard InChI is InChI=1S/C6H10N2S3/c1-2-8(6(9)10)3-4-11-5-7/h2-4H2,1H3,(H,9,10). The monoisotopic (exact) mass is 206 g/mol. The van der Waals surface area contributed by atoms with Crippen molar-refractivity contribution >= 4 is 40.9 Å². The van der Waals surface area contributed by atoms with Crippen LogP contribution in [0.5, 0.6) is 0 Å². The van der Waals surface area contributed by atoms with Crippen molar-refractivity contribution < 1.29 is 0 Å². The molecule has 0 saturated heterocycles. The largest absolute Gasteiger partial charge is 0.357 e. The maximum absolute atomic E-state index is 8.23. The van der Waals surface area contributed by atoms with E-state index in [4.69, 9.17) is 17.5 Å². The van der Waals surface area contributed by atoms with Gasteiger partial charge in [-0.2, -0.15) is 5.26 Å². The van der Waals surface area contributed by atoms with Crippen LogP contribution < -0.4 is 0 Å². The minimum absolute atomic E-state index is 0.603. The van der Waals surface area contributed by atoms with Crippen molar-refractivity contribution in [2.45, 2.75) is 6.92 Å². The van der Waals surface area contributed by atoms with Gasteiger partial charge in [-0.3, -0.25) is 0 Å². The topological polar surface area (TPSA) is 27.0 Å². The number of hydrogen-bond donors (Lipinski definition) is 1. The normalized spacial score (nSPS) is 8.82. The van der Waals surface area contributed by atoms with E-state index in [1.54, 1.807) is 0 Å². The number of rotatable bonds is 4. The molecule has 0 amide bonds. The molecule has 2 nitrogen and oxygen atoms in total. The SMILES string of the molecule is CCN(CCSC#N)C(=S)S. The summed E-state index contributed by atoms with van der Waals surface area (Å²) >= 11 is 10.1. The van der Waals surface area contributed by atoms with Gasteiger partial charge in [0, 0.05) is 18.8 Å². The molecule has 5 heteroatoms. The average molecular weight is 206 g/mol. The Kier molecular flexibility index (Phi) is 6.82. The molecule has 0 heterocycles. The van der Waals surface area contributed by atoms with Crippen LogP contribution in [0.2, 0.25) is 0 Å². The second-order valence-corrected chi connectivity index (χ2v) is 3.79. The van der Waals surface area contributed by atoms with Gasteiger partial charge in [0.1, 0.15) is 9.72 Å². The third-order valence-corrected chi connectivity index (χ3v) is 2.24. The number of thiocyanates is 1. The molecule has 0 rings (SSSR count). The summed E-state index contributed by atoms with van der Waals surface area (Å²) in [5.74, 6) is 0.783. The van der Waals surface area contributed by atoms with Crippen LogP contribution in [0.4, 0.5) is 0 Å². The number of thiocarbonyl (C=S) groups is 1. The smallest absolute Gasteiger partial charge is 0.133 e. The fourth-order valence-electron chi connectivity index (χ4n) is 0.590. The highest BCUT2D eigenvalue weighted by Gasteiger charge is 2.01. The maximum Gasteiger partial charge on any atom is 0.133 e. The van der Waals surface area contributed by atoms with Gasteiger partial charge in [-0.25, -0.2) is 0 Å². The highest BCUT2D eigenvalue weighted by molar-refractivity contribution is 8.10. The highest BCUT2D eigenvalue weighted by atomic mass is 32.2. The van der Waals surface area contributed by atoms with E-state index in [1.807, 2.05) is 17.2 Å². The molecule has 0 saturated carbocycles. The Bertz CT molecular complexity index is 164. The first-order chi connectivity index (χ1) is 5.22. The van der Waals surface area contributed by atoms with Crippen molar-refractivity contribution in [2.24, 2.45) is 0 Å². The summed E-state index contributed by atoms with van der Waals surface area (Å²) in [6, 6.07) is 0. The Balaban J connectivity index is 3.54. The van der Waals surface area contributed by atoms with Gasteiger partial charge in [0.2, 0.25) is 0 Å². The average Bonchev–Trinajstić information content (AvgIpc) is 1.97.